The molecule has 0 heterocycles. The number of aliphatic carboxylic acids is 1. The molecular formula is C16H18O3. The summed E-state index contributed by atoms with van der Waals surface area (Å²) in [5, 5.41) is 8.58. The predicted molar refractivity (Wildman–Crippen MR) is 71.6 cm³/mol. The zero-order chi connectivity index (χ0) is 13.4. The van der Waals surface area contributed by atoms with E-state index in [2.05, 4.69) is 12.1 Å². The van der Waals surface area contributed by atoms with E-state index in [0.29, 0.717) is 18.8 Å². The maximum Gasteiger partial charge on any atom is 0.303 e. The lowest BCUT2D eigenvalue weighted by Gasteiger charge is -2.15. The third-order valence-electron chi connectivity index (χ3n) is 4.52. The number of ketones is 1. The molecule has 19 heavy (non-hydrogen) atoms. The fraction of sp³-hybridized carbons (Fsp3) is 0.500. The van der Waals surface area contributed by atoms with E-state index in [0.717, 1.165) is 11.5 Å². The molecule has 1 fully saturated rings. The highest BCUT2D eigenvalue weighted by molar-refractivity contribution is 5.96. The summed E-state index contributed by atoms with van der Waals surface area (Å²) < 4.78 is 0. The molecular weight excluding hydrogens is 240 g/mol. The number of hydrogen-bond donors (Lipinski definition) is 1. The van der Waals surface area contributed by atoms with Crippen LogP contribution in [0, 0.1) is 0 Å². The molecule has 2 bridgehead atoms. The molecule has 2 atom stereocenters. The van der Waals surface area contributed by atoms with E-state index in [1.165, 1.54) is 30.4 Å². The molecule has 3 nitrogen and oxygen atoms in total. The lowest BCUT2D eigenvalue weighted by molar-refractivity contribution is -0.137. The summed E-state index contributed by atoms with van der Waals surface area (Å²) in [6.07, 6.45) is 4.64. The lowest BCUT2D eigenvalue weighted by atomic mass is 9.89. The van der Waals surface area contributed by atoms with Gasteiger partial charge in [0.25, 0.3) is 0 Å². The van der Waals surface area contributed by atoms with Gasteiger partial charge in [-0.1, -0.05) is 12.1 Å². The maximum atomic E-state index is 12.0. The largest absolute Gasteiger partial charge is 0.481 e. The molecule has 2 aliphatic carbocycles. The minimum absolute atomic E-state index is 0.0708. The third kappa shape index (κ3) is 2.29. The number of carboxylic acids is 1. The molecule has 1 aromatic rings. The van der Waals surface area contributed by atoms with Gasteiger partial charge in [-0.25, -0.2) is 0 Å². The van der Waals surface area contributed by atoms with Crippen LogP contribution in [-0.2, 0) is 4.79 Å². The molecule has 3 heteroatoms. The van der Waals surface area contributed by atoms with Crippen molar-refractivity contribution in [1.29, 1.82) is 0 Å². The van der Waals surface area contributed by atoms with Crippen LogP contribution in [0.3, 0.4) is 0 Å². The normalized spacial score (nSPS) is 23.4. The highest BCUT2D eigenvalue weighted by atomic mass is 16.4. The average molecular weight is 258 g/mol. The Bertz CT molecular complexity index is 533. The van der Waals surface area contributed by atoms with Gasteiger partial charge in [0.05, 0.1) is 0 Å². The number of fused-ring (bicyclic) bond motifs is 5. The van der Waals surface area contributed by atoms with Crippen molar-refractivity contribution in [3.05, 3.63) is 34.9 Å². The van der Waals surface area contributed by atoms with Crippen molar-refractivity contribution in [2.75, 3.05) is 0 Å². The molecule has 100 valence electrons. The Morgan fingerprint density at radius 3 is 2.58 bits per heavy atom. The summed E-state index contributed by atoms with van der Waals surface area (Å²) in [7, 11) is 0. The Kier molecular flexibility index (Phi) is 3.13. The monoisotopic (exact) mass is 258 g/mol. The molecule has 1 N–H and O–H groups in total. The van der Waals surface area contributed by atoms with Crippen molar-refractivity contribution in [3.63, 3.8) is 0 Å². The molecule has 3 rings (SSSR count). The van der Waals surface area contributed by atoms with Crippen LogP contribution in [0.1, 0.15) is 71.8 Å². The van der Waals surface area contributed by atoms with Crippen LogP contribution in [0.5, 0.6) is 0 Å². The fourth-order valence-corrected chi connectivity index (χ4v) is 3.56. The van der Waals surface area contributed by atoms with Gasteiger partial charge in [-0.2, -0.15) is 0 Å². The number of rotatable bonds is 5. The van der Waals surface area contributed by atoms with E-state index in [1.807, 2.05) is 6.07 Å². The molecule has 2 unspecified atom stereocenters. The lowest BCUT2D eigenvalue weighted by Crippen LogP contribution is -2.05. The molecule has 0 aliphatic heterocycles. The second-order valence-corrected chi connectivity index (χ2v) is 5.72. The van der Waals surface area contributed by atoms with Gasteiger partial charge in [-0.05, 0) is 54.7 Å². The first-order chi connectivity index (χ1) is 9.15. The molecule has 0 amide bonds. The first kappa shape index (κ1) is 12.4. The van der Waals surface area contributed by atoms with E-state index in [1.54, 1.807) is 0 Å². The van der Waals surface area contributed by atoms with Crippen molar-refractivity contribution < 1.29 is 14.7 Å². The summed E-state index contributed by atoms with van der Waals surface area (Å²) in [5.74, 6) is 0.619. The number of benzene rings is 1. The Balaban J connectivity index is 1.71. The van der Waals surface area contributed by atoms with Gasteiger partial charge in [0.1, 0.15) is 0 Å². The van der Waals surface area contributed by atoms with Crippen LogP contribution in [0.25, 0.3) is 0 Å². The van der Waals surface area contributed by atoms with Gasteiger partial charge in [-0.3, -0.25) is 9.59 Å². The minimum atomic E-state index is -0.834. The van der Waals surface area contributed by atoms with Gasteiger partial charge < -0.3 is 5.11 Å². The summed E-state index contributed by atoms with van der Waals surface area (Å²) in [5.41, 5.74) is 3.58. The molecule has 0 aromatic heterocycles. The van der Waals surface area contributed by atoms with Gasteiger partial charge in [0.2, 0.25) is 0 Å². The average Bonchev–Trinajstić information content (AvgIpc) is 2.99. The van der Waals surface area contributed by atoms with E-state index in [9.17, 15) is 9.59 Å². The summed E-state index contributed by atoms with van der Waals surface area (Å²) >= 11 is 0. The maximum absolute atomic E-state index is 12.0. The zero-order valence-electron chi connectivity index (χ0n) is 10.9. The first-order valence-electron chi connectivity index (χ1n) is 7.04. The number of carboxylic acid groups (broad SMARTS) is 1. The third-order valence-corrected chi connectivity index (χ3v) is 4.52. The number of carbonyl (C=O) groups is 2. The van der Waals surface area contributed by atoms with Gasteiger partial charge in [-0.15, -0.1) is 0 Å². The molecule has 0 radical (unpaired) electrons. The van der Waals surface area contributed by atoms with E-state index >= 15 is 0 Å². The van der Waals surface area contributed by atoms with Gasteiger partial charge in [0, 0.05) is 18.4 Å². The molecule has 0 saturated heterocycles. The molecule has 2 aliphatic rings. The smallest absolute Gasteiger partial charge is 0.303 e. The minimum Gasteiger partial charge on any atom is -0.481 e. The fourth-order valence-electron chi connectivity index (χ4n) is 3.56. The van der Waals surface area contributed by atoms with Crippen LogP contribution in [0.2, 0.25) is 0 Å². The Morgan fingerprint density at radius 1 is 1.11 bits per heavy atom. The van der Waals surface area contributed by atoms with Crippen molar-refractivity contribution in [3.8, 4) is 0 Å². The van der Waals surface area contributed by atoms with Crippen LogP contribution >= 0.6 is 0 Å². The van der Waals surface area contributed by atoms with E-state index in [4.69, 9.17) is 5.11 Å². The zero-order valence-corrected chi connectivity index (χ0v) is 10.9. The summed E-state index contributed by atoms with van der Waals surface area (Å²) in [6, 6.07) is 6.09. The highest BCUT2D eigenvalue weighted by Gasteiger charge is 2.36. The molecule has 0 spiro atoms. The van der Waals surface area contributed by atoms with Crippen LogP contribution in [0.15, 0.2) is 18.2 Å². The van der Waals surface area contributed by atoms with Crippen LogP contribution < -0.4 is 0 Å². The van der Waals surface area contributed by atoms with Crippen molar-refractivity contribution in [2.45, 2.75) is 50.4 Å². The highest BCUT2D eigenvalue weighted by Crippen LogP contribution is 2.53. The summed E-state index contributed by atoms with van der Waals surface area (Å²) in [6.45, 7) is 0. The second-order valence-electron chi connectivity index (χ2n) is 5.72. The van der Waals surface area contributed by atoms with Crippen LogP contribution in [-0.4, -0.2) is 16.9 Å². The van der Waals surface area contributed by atoms with Gasteiger partial charge in [0.15, 0.2) is 5.78 Å². The number of Topliss-reactive ketones (excluding diaryl/α,β-unsaturated/α-hetero) is 1. The SMILES string of the molecule is O=C(O)CCCC(=O)c1ccc2c(c1)C1CCC2C1. The standard InChI is InChI=1S/C16H18O3/c17-15(2-1-3-16(18)19)12-6-7-13-10-4-5-11(8-10)14(13)9-12/h6-7,9-11H,1-5,8H2,(H,18,19). The Morgan fingerprint density at radius 2 is 1.84 bits per heavy atom. The summed E-state index contributed by atoms with van der Waals surface area (Å²) in [4.78, 5) is 22.5. The predicted octanol–water partition coefficient (Wildman–Crippen LogP) is 3.49. The molecule has 1 aromatic carbocycles. The second kappa shape index (κ2) is 4.80. The van der Waals surface area contributed by atoms with Crippen molar-refractivity contribution in [1.82, 2.24) is 0 Å². The van der Waals surface area contributed by atoms with Gasteiger partial charge >= 0.3 is 5.97 Å². The quantitative estimate of drug-likeness (QED) is 0.822. The van der Waals surface area contributed by atoms with Crippen molar-refractivity contribution in [2.24, 2.45) is 0 Å². The van der Waals surface area contributed by atoms with Crippen LogP contribution in [0.4, 0.5) is 0 Å². The number of hydrogen-bond acceptors (Lipinski definition) is 2. The van der Waals surface area contributed by atoms with E-state index < -0.39 is 5.97 Å². The topological polar surface area (TPSA) is 54.4 Å². The molecule has 1 saturated carbocycles. The first-order valence-corrected chi connectivity index (χ1v) is 7.04. The Hall–Kier alpha value is -1.64. The van der Waals surface area contributed by atoms with Crippen molar-refractivity contribution >= 4 is 11.8 Å². The van der Waals surface area contributed by atoms with E-state index in [-0.39, 0.29) is 12.2 Å². The number of carbonyl (C=O) groups excluding carboxylic acids is 1. The Labute approximate surface area is 112 Å².